The largest absolute Gasteiger partial charge is 0.477 e. The molecule has 18 heavy (non-hydrogen) atoms. The van der Waals surface area contributed by atoms with Gasteiger partial charge in [-0.3, -0.25) is 9.69 Å². The van der Waals surface area contributed by atoms with Gasteiger partial charge in [-0.1, -0.05) is 6.07 Å². The number of hydrogen-bond donors (Lipinski definition) is 2. The molecule has 1 unspecified atom stereocenters. The van der Waals surface area contributed by atoms with Crippen molar-refractivity contribution in [3.05, 3.63) is 29.6 Å². The molecule has 0 aromatic carbocycles. The molecule has 1 aliphatic heterocycles. The molecule has 3 N–H and O–H groups in total. The van der Waals surface area contributed by atoms with Crippen LogP contribution in [0.1, 0.15) is 22.6 Å². The van der Waals surface area contributed by atoms with E-state index in [4.69, 9.17) is 10.8 Å². The smallest absolute Gasteiger partial charge is 0.354 e. The van der Waals surface area contributed by atoms with Crippen LogP contribution in [0.3, 0.4) is 0 Å². The van der Waals surface area contributed by atoms with Crippen LogP contribution in [-0.4, -0.2) is 40.0 Å². The van der Waals surface area contributed by atoms with Crippen LogP contribution >= 0.6 is 0 Å². The first-order chi connectivity index (χ1) is 8.56. The highest BCUT2D eigenvalue weighted by molar-refractivity contribution is 5.85. The maximum absolute atomic E-state index is 11.0. The summed E-state index contributed by atoms with van der Waals surface area (Å²) in [5.74, 6) is -1.41. The van der Waals surface area contributed by atoms with E-state index in [0.717, 1.165) is 13.0 Å². The fraction of sp³-hybridized carbons (Fsp3) is 0.417. The number of amides is 1. The first-order valence-corrected chi connectivity index (χ1v) is 5.77. The number of likely N-dealkylation sites (tertiary alicyclic amines) is 1. The summed E-state index contributed by atoms with van der Waals surface area (Å²) in [4.78, 5) is 27.9. The summed E-state index contributed by atoms with van der Waals surface area (Å²) >= 11 is 0. The Hall–Kier alpha value is -1.95. The Morgan fingerprint density at radius 2 is 2.28 bits per heavy atom. The van der Waals surface area contributed by atoms with E-state index in [1.54, 1.807) is 12.1 Å². The number of hydrogen-bond acceptors (Lipinski definition) is 4. The minimum atomic E-state index is -1.03. The standard InChI is InChI=1S/C12H15N3O3/c13-11(16)8-4-5-15(6-8)7-9-2-1-3-10(14-9)12(17)18/h1-3,8H,4-7H2,(H2,13,16)(H,17,18). The van der Waals surface area contributed by atoms with Crippen LogP contribution in [0.25, 0.3) is 0 Å². The summed E-state index contributed by atoms with van der Waals surface area (Å²) in [6, 6.07) is 4.92. The average Bonchev–Trinajstić information content (AvgIpc) is 2.78. The Morgan fingerprint density at radius 3 is 2.89 bits per heavy atom. The van der Waals surface area contributed by atoms with E-state index in [9.17, 15) is 9.59 Å². The summed E-state index contributed by atoms with van der Waals surface area (Å²) in [5, 5.41) is 8.85. The fourth-order valence-electron chi connectivity index (χ4n) is 2.12. The van der Waals surface area contributed by atoms with E-state index < -0.39 is 5.97 Å². The molecule has 0 aliphatic carbocycles. The summed E-state index contributed by atoms with van der Waals surface area (Å²) in [6.45, 7) is 1.95. The number of nitrogens with two attached hydrogens (primary N) is 1. The van der Waals surface area contributed by atoms with Crippen LogP contribution in [0.15, 0.2) is 18.2 Å². The maximum Gasteiger partial charge on any atom is 0.354 e. The number of pyridine rings is 1. The molecular formula is C12H15N3O3. The van der Waals surface area contributed by atoms with Crippen molar-refractivity contribution in [3.8, 4) is 0 Å². The lowest BCUT2D eigenvalue weighted by molar-refractivity contribution is -0.121. The number of aromatic carboxylic acids is 1. The second-order valence-electron chi connectivity index (χ2n) is 4.44. The quantitative estimate of drug-likeness (QED) is 0.788. The van der Waals surface area contributed by atoms with E-state index in [1.165, 1.54) is 6.07 Å². The first-order valence-electron chi connectivity index (χ1n) is 5.77. The third-order valence-electron chi connectivity index (χ3n) is 3.09. The van der Waals surface area contributed by atoms with Gasteiger partial charge in [-0.05, 0) is 25.1 Å². The molecule has 6 nitrogen and oxygen atoms in total. The topological polar surface area (TPSA) is 96.5 Å². The molecule has 2 rings (SSSR count). The van der Waals surface area contributed by atoms with E-state index in [2.05, 4.69) is 9.88 Å². The zero-order valence-electron chi connectivity index (χ0n) is 9.87. The molecular weight excluding hydrogens is 234 g/mol. The van der Waals surface area contributed by atoms with E-state index in [1.807, 2.05) is 0 Å². The van der Waals surface area contributed by atoms with Gasteiger partial charge >= 0.3 is 5.97 Å². The number of primary amides is 1. The monoisotopic (exact) mass is 249 g/mol. The molecule has 1 fully saturated rings. The predicted molar refractivity (Wildman–Crippen MR) is 63.8 cm³/mol. The van der Waals surface area contributed by atoms with Gasteiger partial charge in [0.1, 0.15) is 5.69 Å². The molecule has 0 bridgehead atoms. The number of carboxylic acids is 1. The van der Waals surface area contributed by atoms with Gasteiger partial charge in [0.2, 0.25) is 5.91 Å². The highest BCUT2D eigenvalue weighted by atomic mass is 16.4. The minimum Gasteiger partial charge on any atom is -0.477 e. The summed E-state index contributed by atoms with van der Waals surface area (Å²) < 4.78 is 0. The molecule has 1 saturated heterocycles. The first kappa shape index (κ1) is 12.5. The molecule has 6 heteroatoms. The number of aromatic nitrogens is 1. The number of nitrogens with zero attached hydrogens (tertiary/aromatic N) is 2. The second kappa shape index (κ2) is 5.14. The van der Waals surface area contributed by atoms with Crippen LogP contribution in [-0.2, 0) is 11.3 Å². The second-order valence-corrected chi connectivity index (χ2v) is 4.44. The Balaban J connectivity index is 2.00. The lowest BCUT2D eigenvalue weighted by Gasteiger charge is -2.14. The number of carbonyl (C=O) groups excluding carboxylic acids is 1. The number of rotatable bonds is 4. The van der Waals surface area contributed by atoms with Crippen LogP contribution in [0, 0.1) is 5.92 Å². The summed E-state index contributed by atoms with van der Waals surface area (Å²) in [6.07, 6.45) is 0.758. The third kappa shape index (κ3) is 2.84. The maximum atomic E-state index is 11.0. The molecule has 1 amide bonds. The van der Waals surface area contributed by atoms with Gasteiger partial charge in [0.25, 0.3) is 0 Å². The Morgan fingerprint density at radius 1 is 1.50 bits per heavy atom. The van der Waals surface area contributed by atoms with Crippen molar-refractivity contribution in [2.75, 3.05) is 13.1 Å². The molecule has 0 radical (unpaired) electrons. The molecule has 0 saturated carbocycles. The van der Waals surface area contributed by atoms with Gasteiger partial charge < -0.3 is 10.8 Å². The lowest BCUT2D eigenvalue weighted by Crippen LogP contribution is -2.27. The average molecular weight is 249 g/mol. The zero-order chi connectivity index (χ0) is 13.1. The number of carbonyl (C=O) groups is 2. The SMILES string of the molecule is NC(=O)C1CCN(Cc2cccc(C(=O)O)n2)C1. The van der Waals surface area contributed by atoms with Crippen LogP contribution < -0.4 is 5.73 Å². The van der Waals surface area contributed by atoms with Crippen molar-refractivity contribution in [2.45, 2.75) is 13.0 Å². The van der Waals surface area contributed by atoms with E-state index in [-0.39, 0.29) is 17.5 Å². The van der Waals surface area contributed by atoms with E-state index in [0.29, 0.717) is 18.8 Å². The van der Waals surface area contributed by atoms with Crippen molar-refractivity contribution in [2.24, 2.45) is 11.7 Å². The molecule has 2 heterocycles. The van der Waals surface area contributed by atoms with Crippen molar-refractivity contribution < 1.29 is 14.7 Å². The normalized spacial score (nSPS) is 19.9. The van der Waals surface area contributed by atoms with Crippen molar-refractivity contribution in [1.29, 1.82) is 0 Å². The zero-order valence-corrected chi connectivity index (χ0v) is 9.87. The predicted octanol–water partition coefficient (Wildman–Crippen LogP) is 0.0870. The molecule has 0 spiro atoms. The van der Waals surface area contributed by atoms with Crippen LogP contribution in [0.5, 0.6) is 0 Å². The summed E-state index contributed by atoms with van der Waals surface area (Å²) in [5.41, 5.74) is 5.99. The summed E-state index contributed by atoms with van der Waals surface area (Å²) in [7, 11) is 0. The molecule has 1 aromatic heterocycles. The number of carboxylic acid groups (broad SMARTS) is 1. The molecule has 1 aliphatic rings. The van der Waals surface area contributed by atoms with Gasteiger partial charge in [-0.25, -0.2) is 9.78 Å². The van der Waals surface area contributed by atoms with E-state index >= 15 is 0 Å². The van der Waals surface area contributed by atoms with Gasteiger partial charge in [0.05, 0.1) is 11.6 Å². The van der Waals surface area contributed by atoms with Crippen molar-refractivity contribution >= 4 is 11.9 Å². The van der Waals surface area contributed by atoms with Crippen molar-refractivity contribution in [3.63, 3.8) is 0 Å². The van der Waals surface area contributed by atoms with Gasteiger partial charge in [0, 0.05) is 13.1 Å². The molecule has 96 valence electrons. The Bertz CT molecular complexity index is 475. The lowest BCUT2D eigenvalue weighted by atomic mass is 10.1. The third-order valence-corrected chi connectivity index (χ3v) is 3.09. The molecule has 1 atom stereocenters. The van der Waals surface area contributed by atoms with Crippen molar-refractivity contribution in [1.82, 2.24) is 9.88 Å². The molecule has 1 aromatic rings. The van der Waals surface area contributed by atoms with Gasteiger partial charge in [-0.15, -0.1) is 0 Å². The Kier molecular flexibility index (Phi) is 3.57. The van der Waals surface area contributed by atoms with Gasteiger partial charge in [0.15, 0.2) is 0 Å². The van der Waals surface area contributed by atoms with Gasteiger partial charge in [-0.2, -0.15) is 0 Å². The Labute approximate surface area is 104 Å². The fourth-order valence-corrected chi connectivity index (χ4v) is 2.12. The highest BCUT2D eigenvalue weighted by Gasteiger charge is 2.26. The minimum absolute atomic E-state index is 0.0400. The highest BCUT2D eigenvalue weighted by Crippen LogP contribution is 2.17. The van der Waals surface area contributed by atoms with Crippen LogP contribution in [0.2, 0.25) is 0 Å². The van der Waals surface area contributed by atoms with Crippen LogP contribution in [0.4, 0.5) is 0 Å².